The van der Waals surface area contributed by atoms with E-state index in [1.54, 1.807) is 54.8 Å². The third kappa shape index (κ3) is 6.59. The maximum absolute atomic E-state index is 14.0. The van der Waals surface area contributed by atoms with Crippen molar-refractivity contribution in [2.45, 2.75) is 40.3 Å². The number of ether oxygens (including phenoxy) is 3. The molecule has 1 atom stereocenters. The molecule has 1 aliphatic heterocycles. The van der Waals surface area contributed by atoms with Crippen LogP contribution in [0.1, 0.15) is 49.1 Å². The Balaban J connectivity index is 1.58. The molecule has 7 nitrogen and oxygen atoms in total. The third-order valence-electron chi connectivity index (χ3n) is 6.93. The number of halogens is 3. The minimum Gasteiger partial charge on any atom is -0.490 e. The molecule has 228 valence electrons. The first kappa shape index (κ1) is 31.9. The zero-order chi connectivity index (χ0) is 31.5. The van der Waals surface area contributed by atoms with Crippen LogP contribution >= 0.6 is 46.1 Å². The number of carbonyl (C=O) groups excluding carboxylic acids is 1. The van der Waals surface area contributed by atoms with E-state index in [0.29, 0.717) is 59.3 Å². The molecule has 44 heavy (non-hydrogen) atoms. The average molecular weight is 672 g/mol. The number of hydrogen-bond acceptors (Lipinski definition) is 7. The second-order valence-corrected chi connectivity index (χ2v) is 12.3. The Hall–Kier alpha value is -3.56. The number of nitrogens with zero attached hydrogens (tertiary/aromatic N) is 2. The lowest BCUT2D eigenvalue weighted by Crippen LogP contribution is -2.39. The molecule has 0 bridgehead atoms. The normalized spacial score (nSPS) is 14.7. The van der Waals surface area contributed by atoms with Crippen LogP contribution in [0.5, 0.6) is 11.5 Å². The molecular formula is C33H29Cl3N2O5S. The van der Waals surface area contributed by atoms with Gasteiger partial charge in [-0.3, -0.25) is 9.36 Å². The molecule has 0 fully saturated rings. The summed E-state index contributed by atoms with van der Waals surface area (Å²) in [5, 5.41) is 1.31. The van der Waals surface area contributed by atoms with Gasteiger partial charge in [-0.05, 0) is 69.2 Å². The Kier molecular flexibility index (Phi) is 9.85. The van der Waals surface area contributed by atoms with E-state index in [4.69, 9.17) is 49.0 Å². The quantitative estimate of drug-likeness (QED) is 0.178. The summed E-state index contributed by atoms with van der Waals surface area (Å²) in [6.07, 6.45) is 1.73. The molecule has 0 spiro atoms. The van der Waals surface area contributed by atoms with Gasteiger partial charge in [0, 0.05) is 15.6 Å². The fourth-order valence-electron chi connectivity index (χ4n) is 4.87. The summed E-state index contributed by atoms with van der Waals surface area (Å²) in [6.45, 7) is 8.06. The van der Waals surface area contributed by atoms with Crippen LogP contribution in [0.25, 0.3) is 6.08 Å². The first-order valence-electron chi connectivity index (χ1n) is 13.9. The van der Waals surface area contributed by atoms with Crippen molar-refractivity contribution in [1.82, 2.24) is 4.57 Å². The number of thiazole rings is 1. The number of aryl methyl sites for hydroxylation is 1. The standard InChI is InChI=1S/C33H29Cl3N2O5S/c1-5-41-26-14-20(13-25(36)30(26)43-17-22-11-12-23(34)16-24(22)35)15-27-31(39)38-29(21-9-7-18(3)8-10-21)28(32(40)42-6-2)19(4)37-33(38)44-27/h7-16,29H,5-6,17H2,1-4H3/b27-15+/t29-/m1/s1. The summed E-state index contributed by atoms with van der Waals surface area (Å²) in [7, 11) is 0. The van der Waals surface area contributed by atoms with E-state index < -0.39 is 12.0 Å². The first-order chi connectivity index (χ1) is 21.1. The van der Waals surface area contributed by atoms with Crippen LogP contribution in [0.3, 0.4) is 0 Å². The summed E-state index contributed by atoms with van der Waals surface area (Å²) in [5.74, 6) is 0.270. The zero-order valence-corrected chi connectivity index (χ0v) is 27.5. The van der Waals surface area contributed by atoms with Crippen molar-refractivity contribution in [3.05, 3.63) is 123 Å². The SMILES string of the molecule is CCOC(=O)C1=C(C)N=c2s/c(=C/c3cc(Cl)c(OCc4ccc(Cl)cc4Cl)c(OCC)c3)c(=O)n2[C@@H]1c1ccc(C)cc1. The van der Waals surface area contributed by atoms with Crippen LogP contribution in [0.2, 0.25) is 15.1 Å². The predicted octanol–water partition coefficient (Wildman–Crippen LogP) is 7.04. The van der Waals surface area contributed by atoms with Gasteiger partial charge in [0.15, 0.2) is 16.3 Å². The molecule has 3 aromatic carbocycles. The minimum absolute atomic E-state index is 0.148. The number of hydrogen-bond donors (Lipinski definition) is 0. The van der Waals surface area contributed by atoms with E-state index in [1.165, 1.54) is 11.3 Å². The third-order valence-corrected chi connectivity index (χ3v) is 8.78. The molecule has 1 aromatic heterocycles. The summed E-state index contributed by atoms with van der Waals surface area (Å²) in [5.41, 5.74) is 3.76. The minimum atomic E-state index is -0.689. The Morgan fingerprint density at radius 2 is 1.73 bits per heavy atom. The van der Waals surface area contributed by atoms with E-state index in [2.05, 4.69) is 4.99 Å². The second-order valence-electron chi connectivity index (χ2n) is 10.0. The molecule has 0 radical (unpaired) electrons. The first-order valence-corrected chi connectivity index (χ1v) is 15.9. The Labute approximate surface area is 273 Å². The number of esters is 1. The van der Waals surface area contributed by atoms with Crippen molar-refractivity contribution < 1.29 is 19.0 Å². The second kappa shape index (κ2) is 13.6. The van der Waals surface area contributed by atoms with E-state index in [9.17, 15) is 9.59 Å². The highest BCUT2D eigenvalue weighted by Gasteiger charge is 2.33. The predicted molar refractivity (Wildman–Crippen MR) is 175 cm³/mol. The van der Waals surface area contributed by atoms with E-state index in [1.807, 2.05) is 38.1 Å². The summed E-state index contributed by atoms with van der Waals surface area (Å²) in [4.78, 5) is 32.2. The number of carbonyl (C=O) groups is 1. The van der Waals surface area contributed by atoms with Crippen LogP contribution in [-0.4, -0.2) is 23.8 Å². The number of fused-ring (bicyclic) bond motifs is 1. The van der Waals surface area contributed by atoms with Gasteiger partial charge < -0.3 is 14.2 Å². The topological polar surface area (TPSA) is 79.1 Å². The molecule has 5 rings (SSSR count). The number of aromatic nitrogens is 1. The van der Waals surface area contributed by atoms with Crippen LogP contribution in [0.4, 0.5) is 0 Å². The molecule has 4 aromatic rings. The van der Waals surface area contributed by atoms with Gasteiger partial charge in [-0.1, -0.05) is 82.0 Å². The average Bonchev–Trinajstić information content (AvgIpc) is 3.27. The molecular weight excluding hydrogens is 643 g/mol. The monoisotopic (exact) mass is 670 g/mol. The summed E-state index contributed by atoms with van der Waals surface area (Å²) >= 11 is 20.3. The molecule has 0 saturated carbocycles. The molecule has 0 aliphatic carbocycles. The molecule has 0 amide bonds. The lowest BCUT2D eigenvalue weighted by atomic mass is 9.95. The summed E-state index contributed by atoms with van der Waals surface area (Å²) < 4.78 is 19.2. The van der Waals surface area contributed by atoms with E-state index in [-0.39, 0.29) is 18.8 Å². The van der Waals surface area contributed by atoms with Gasteiger partial charge in [0.1, 0.15) is 6.61 Å². The van der Waals surface area contributed by atoms with E-state index >= 15 is 0 Å². The van der Waals surface area contributed by atoms with Gasteiger partial charge >= 0.3 is 5.97 Å². The van der Waals surface area contributed by atoms with Crippen molar-refractivity contribution in [3.8, 4) is 11.5 Å². The highest BCUT2D eigenvalue weighted by atomic mass is 35.5. The Morgan fingerprint density at radius 1 is 0.977 bits per heavy atom. The van der Waals surface area contributed by atoms with Crippen molar-refractivity contribution >= 4 is 58.2 Å². The van der Waals surface area contributed by atoms with Crippen LogP contribution in [0.15, 0.2) is 75.7 Å². The maximum atomic E-state index is 14.0. The van der Waals surface area contributed by atoms with Crippen molar-refractivity contribution in [2.24, 2.45) is 4.99 Å². The molecule has 0 N–H and O–H groups in total. The zero-order valence-electron chi connectivity index (χ0n) is 24.4. The largest absolute Gasteiger partial charge is 0.490 e. The molecule has 1 aliphatic rings. The molecule has 0 saturated heterocycles. The Morgan fingerprint density at radius 3 is 2.41 bits per heavy atom. The lowest BCUT2D eigenvalue weighted by molar-refractivity contribution is -0.139. The van der Waals surface area contributed by atoms with Gasteiger partial charge in [0.25, 0.3) is 5.56 Å². The van der Waals surface area contributed by atoms with Crippen LogP contribution < -0.4 is 24.4 Å². The van der Waals surface area contributed by atoms with Crippen LogP contribution in [0, 0.1) is 6.92 Å². The maximum Gasteiger partial charge on any atom is 0.338 e. The number of rotatable bonds is 9. The lowest BCUT2D eigenvalue weighted by Gasteiger charge is -2.24. The Bertz CT molecular complexity index is 1950. The van der Waals surface area contributed by atoms with Crippen molar-refractivity contribution in [1.29, 1.82) is 0 Å². The highest BCUT2D eigenvalue weighted by molar-refractivity contribution is 7.07. The number of allylic oxidation sites excluding steroid dienone is 1. The van der Waals surface area contributed by atoms with Crippen molar-refractivity contribution in [3.63, 3.8) is 0 Å². The highest BCUT2D eigenvalue weighted by Crippen LogP contribution is 2.38. The van der Waals surface area contributed by atoms with E-state index in [0.717, 1.165) is 16.7 Å². The van der Waals surface area contributed by atoms with Gasteiger partial charge in [-0.15, -0.1) is 0 Å². The molecule has 0 unspecified atom stereocenters. The number of benzene rings is 3. The molecule has 2 heterocycles. The van der Waals surface area contributed by atoms with Gasteiger partial charge in [0.05, 0.1) is 40.1 Å². The van der Waals surface area contributed by atoms with Gasteiger partial charge in [-0.25, -0.2) is 9.79 Å². The van der Waals surface area contributed by atoms with Crippen LogP contribution in [-0.2, 0) is 16.1 Å². The van der Waals surface area contributed by atoms with Gasteiger partial charge in [0.2, 0.25) is 0 Å². The fourth-order valence-corrected chi connectivity index (χ4v) is 6.65. The smallest absolute Gasteiger partial charge is 0.338 e. The summed E-state index contributed by atoms with van der Waals surface area (Å²) in [6, 6.07) is 15.7. The van der Waals surface area contributed by atoms with Gasteiger partial charge in [-0.2, -0.15) is 0 Å². The molecule has 11 heteroatoms. The van der Waals surface area contributed by atoms with Crippen molar-refractivity contribution in [2.75, 3.05) is 13.2 Å². The fraction of sp³-hybridized carbons (Fsp3) is 0.242.